The lowest BCUT2D eigenvalue weighted by Crippen LogP contribution is -2.41. The molecule has 0 spiro atoms. The van der Waals surface area contributed by atoms with E-state index in [0.29, 0.717) is 17.2 Å². The zero-order valence-corrected chi connectivity index (χ0v) is 28.7. The standard InChI is InChI=1S/C27H31ClF2N7O13PS/c28-13-3-5-14(6-4-13)48-23-16(29)10-15(11-17(23)30)52(45,46)36-18(25(40)41)2-1-8-33-26(32)35-50-51(43,44)47-12-19-21(38)22(39)24(49-19)37-9-7-20(31)34-27(37)42/h3-7,9-11,18-19,21-22,24,36,38-39H,1-2,8,12H2,(H,40,41)(H,43,44)(H2,31,34,42)(H3,32,33,35)/t18?,19-,21-,22-,24-/m1/s1. The number of sulfonamides is 1. The Kier molecular flexibility index (Phi) is 13.3. The van der Waals surface area contributed by atoms with Crippen molar-refractivity contribution in [2.24, 2.45) is 10.7 Å². The average molecular weight is 798 g/mol. The maximum atomic E-state index is 14.7. The number of aromatic nitrogens is 2. The second-order valence-electron chi connectivity index (χ2n) is 10.7. The molecule has 0 amide bonds. The van der Waals surface area contributed by atoms with Crippen LogP contribution in [0.25, 0.3) is 0 Å². The van der Waals surface area contributed by atoms with Crippen molar-refractivity contribution in [1.29, 1.82) is 0 Å². The quantitative estimate of drug-likeness (QED) is 0.0318. The van der Waals surface area contributed by atoms with Gasteiger partial charge in [-0.1, -0.05) is 11.6 Å². The Labute approximate surface area is 297 Å². The molecule has 1 aromatic heterocycles. The monoisotopic (exact) mass is 797 g/mol. The third-order valence-electron chi connectivity index (χ3n) is 6.97. The van der Waals surface area contributed by atoms with Gasteiger partial charge in [0.1, 0.15) is 35.9 Å². The first-order valence-electron chi connectivity index (χ1n) is 14.6. The summed E-state index contributed by atoms with van der Waals surface area (Å²) in [5, 5.41) is 30.4. The van der Waals surface area contributed by atoms with Crippen LogP contribution in [0.5, 0.6) is 11.5 Å². The molecule has 4 rings (SSSR count). The molecule has 1 saturated heterocycles. The molecule has 10 N–H and O–H groups in total. The van der Waals surface area contributed by atoms with Gasteiger partial charge >= 0.3 is 19.5 Å². The number of hydrogen-bond acceptors (Lipinski definition) is 14. The number of ether oxygens (including phenoxy) is 2. The topological polar surface area (TPSA) is 309 Å². The van der Waals surface area contributed by atoms with E-state index >= 15 is 0 Å². The van der Waals surface area contributed by atoms with Crippen molar-refractivity contribution in [2.75, 3.05) is 18.9 Å². The normalized spacial score (nSPS) is 21.0. The Morgan fingerprint density at radius 3 is 2.44 bits per heavy atom. The van der Waals surface area contributed by atoms with Crippen molar-refractivity contribution < 1.29 is 65.4 Å². The van der Waals surface area contributed by atoms with Crippen LogP contribution in [0.4, 0.5) is 14.6 Å². The summed E-state index contributed by atoms with van der Waals surface area (Å²) in [4.78, 5) is 40.0. The van der Waals surface area contributed by atoms with Crippen molar-refractivity contribution in [1.82, 2.24) is 19.8 Å². The van der Waals surface area contributed by atoms with Crippen LogP contribution in [0, 0.1) is 11.6 Å². The fourth-order valence-corrected chi connectivity index (χ4v) is 6.41. The van der Waals surface area contributed by atoms with Crippen molar-refractivity contribution in [2.45, 2.75) is 48.3 Å². The number of aliphatic hydroxyl groups excluding tert-OH is 2. The number of rotatable bonds is 16. The van der Waals surface area contributed by atoms with Crippen molar-refractivity contribution in [3.8, 4) is 11.5 Å². The summed E-state index contributed by atoms with van der Waals surface area (Å²) in [7, 11) is -9.74. The molecule has 25 heteroatoms. The van der Waals surface area contributed by atoms with Gasteiger partial charge in [-0.15, -0.1) is 0 Å². The molecule has 1 fully saturated rings. The molecular formula is C27H31ClF2N7O13PS. The van der Waals surface area contributed by atoms with Crippen LogP contribution < -0.4 is 32.1 Å². The molecule has 1 aliphatic heterocycles. The van der Waals surface area contributed by atoms with Crippen molar-refractivity contribution in [3.05, 3.63) is 75.8 Å². The Balaban J connectivity index is 1.25. The third-order valence-corrected chi connectivity index (χ3v) is 9.48. The van der Waals surface area contributed by atoms with Gasteiger partial charge in [0.2, 0.25) is 16.0 Å². The number of nitrogens with two attached hydrogens (primary N) is 2. The predicted molar refractivity (Wildman–Crippen MR) is 174 cm³/mol. The summed E-state index contributed by atoms with van der Waals surface area (Å²) in [5.74, 6) is -6.01. The molecule has 0 radical (unpaired) electrons. The number of anilines is 1. The number of aliphatic hydroxyl groups is 2. The predicted octanol–water partition coefficient (Wildman–Crippen LogP) is 0.333. The fraction of sp³-hybridized carbons (Fsp3) is 0.333. The summed E-state index contributed by atoms with van der Waals surface area (Å²) in [6.45, 7) is -1.09. The number of guanidine groups is 1. The Hall–Kier alpha value is -4.29. The van der Waals surface area contributed by atoms with E-state index in [1.54, 1.807) is 0 Å². The molecule has 0 saturated carbocycles. The number of benzene rings is 2. The van der Waals surface area contributed by atoms with Crippen molar-refractivity contribution >= 4 is 47.2 Å². The third kappa shape index (κ3) is 10.6. The van der Waals surface area contributed by atoms with Gasteiger partial charge in [-0.3, -0.25) is 18.9 Å². The van der Waals surface area contributed by atoms with E-state index in [9.17, 15) is 51.6 Å². The number of aliphatic imine (C=N–C) groups is 1. The van der Waals surface area contributed by atoms with Crippen LogP contribution in [-0.4, -0.2) is 87.6 Å². The molecule has 3 aromatic rings. The van der Waals surface area contributed by atoms with Crippen LogP contribution in [0.1, 0.15) is 19.1 Å². The van der Waals surface area contributed by atoms with Gasteiger partial charge < -0.3 is 41.2 Å². The van der Waals surface area contributed by atoms with E-state index in [4.69, 9.17) is 37.1 Å². The summed E-state index contributed by atoms with van der Waals surface area (Å²) in [6, 6.07) is 5.78. The summed E-state index contributed by atoms with van der Waals surface area (Å²) in [6.07, 6.45) is -5.55. The highest BCUT2D eigenvalue weighted by Crippen LogP contribution is 2.43. The van der Waals surface area contributed by atoms with Gasteiger partial charge in [-0.2, -0.15) is 14.3 Å². The number of nitrogen functional groups attached to an aromatic ring is 1. The SMILES string of the molecule is NC(=NCCCC(NS(=O)(=O)c1cc(F)c(Oc2ccc(Cl)cc2)c(F)c1)C(=O)O)NOP(=O)(O)OC[C@H]1O[C@@H](n2ccc(N)nc2=O)[C@H](O)[C@@H]1O. The average Bonchev–Trinajstić information content (AvgIpc) is 3.35. The number of aliphatic carboxylic acids is 1. The number of phosphoric ester groups is 1. The van der Waals surface area contributed by atoms with Crippen LogP contribution in [0.2, 0.25) is 5.02 Å². The summed E-state index contributed by atoms with van der Waals surface area (Å²) >= 11 is 5.76. The molecule has 2 heterocycles. The van der Waals surface area contributed by atoms with Gasteiger partial charge in [0, 0.05) is 17.8 Å². The number of hydrogen-bond donors (Lipinski definition) is 8. The lowest BCUT2D eigenvalue weighted by Gasteiger charge is -2.18. The molecular weight excluding hydrogens is 767 g/mol. The summed E-state index contributed by atoms with van der Waals surface area (Å²) < 4.78 is 89.7. The number of carboxylic acid groups (broad SMARTS) is 1. The van der Waals surface area contributed by atoms with Crippen molar-refractivity contribution in [3.63, 3.8) is 0 Å². The molecule has 284 valence electrons. The second kappa shape index (κ2) is 17.0. The zero-order valence-electron chi connectivity index (χ0n) is 26.3. The molecule has 0 bridgehead atoms. The number of phosphoric acid groups is 1. The number of carbonyl (C=O) groups is 1. The molecule has 0 aliphatic carbocycles. The van der Waals surface area contributed by atoms with Crippen LogP contribution in [0.15, 0.2) is 63.3 Å². The maximum Gasteiger partial charge on any atom is 0.493 e. The highest BCUT2D eigenvalue weighted by Gasteiger charge is 2.45. The largest absolute Gasteiger partial charge is 0.493 e. The minimum absolute atomic E-state index is 0.00540. The number of halogens is 3. The van der Waals surface area contributed by atoms with Crippen LogP contribution in [-0.2, 0) is 33.3 Å². The lowest BCUT2D eigenvalue weighted by atomic mass is 10.1. The van der Waals surface area contributed by atoms with Gasteiger partial charge in [-0.25, -0.2) is 32.0 Å². The lowest BCUT2D eigenvalue weighted by molar-refractivity contribution is -0.139. The molecule has 6 atom stereocenters. The van der Waals surface area contributed by atoms with Gasteiger partial charge in [-0.05, 0) is 55.3 Å². The molecule has 52 heavy (non-hydrogen) atoms. The molecule has 2 unspecified atom stereocenters. The first-order chi connectivity index (χ1) is 24.4. The van der Waals surface area contributed by atoms with E-state index < -0.39 is 101 Å². The number of carboxylic acids is 1. The first kappa shape index (κ1) is 40.5. The number of hydroxylamine groups is 1. The smallest absolute Gasteiger partial charge is 0.480 e. The van der Waals surface area contributed by atoms with E-state index in [2.05, 4.69) is 14.6 Å². The Morgan fingerprint density at radius 1 is 1.17 bits per heavy atom. The number of nitrogens with one attached hydrogen (secondary N) is 2. The van der Waals surface area contributed by atoms with Crippen LogP contribution >= 0.6 is 19.4 Å². The molecule has 20 nitrogen and oxygen atoms in total. The Bertz CT molecular complexity index is 1990. The molecule has 1 aliphatic rings. The summed E-state index contributed by atoms with van der Waals surface area (Å²) in [5.41, 5.74) is 11.9. The van der Waals surface area contributed by atoms with Crippen LogP contribution in [0.3, 0.4) is 0 Å². The van der Waals surface area contributed by atoms with Gasteiger partial charge in [0.15, 0.2) is 23.6 Å². The van der Waals surface area contributed by atoms with Gasteiger partial charge in [0.25, 0.3) is 0 Å². The van der Waals surface area contributed by atoms with Gasteiger partial charge in [0.05, 0.1) is 11.5 Å². The molecule has 2 aromatic carbocycles. The number of nitrogens with zero attached hydrogens (tertiary/aromatic N) is 3. The fourth-order valence-electron chi connectivity index (χ4n) is 4.44. The highest BCUT2D eigenvalue weighted by molar-refractivity contribution is 7.89. The van der Waals surface area contributed by atoms with E-state index in [1.165, 1.54) is 30.3 Å². The second-order valence-corrected chi connectivity index (χ2v) is 14.3. The minimum Gasteiger partial charge on any atom is -0.480 e. The van der Waals surface area contributed by atoms with E-state index in [0.717, 1.165) is 10.8 Å². The van der Waals surface area contributed by atoms with E-state index in [-0.39, 0.29) is 24.5 Å². The first-order valence-corrected chi connectivity index (χ1v) is 18.0. The minimum atomic E-state index is -4.97. The zero-order chi connectivity index (χ0) is 38.4. The maximum absolute atomic E-state index is 14.7. The highest BCUT2D eigenvalue weighted by atomic mass is 35.5. The Morgan fingerprint density at radius 2 is 1.83 bits per heavy atom. The van der Waals surface area contributed by atoms with E-state index in [1.807, 2.05) is 10.2 Å².